The van der Waals surface area contributed by atoms with Crippen LogP contribution >= 0.6 is 0 Å². The van der Waals surface area contributed by atoms with E-state index in [2.05, 4.69) is 0 Å². The van der Waals surface area contributed by atoms with Crippen molar-refractivity contribution in [1.82, 2.24) is 0 Å². The average Bonchev–Trinajstić information content (AvgIpc) is 2.66. The van der Waals surface area contributed by atoms with Gasteiger partial charge < -0.3 is 55.1 Å². The molecular weight excluding hydrogens is 391 g/mol. The first-order chi connectivity index (χ1) is 13.1. The zero-order valence-electron chi connectivity index (χ0n) is 14.6. The molecule has 2 heterocycles. The molecule has 164 valence electrons. The maximum absolute atomic E-state index is 15.1. The number of alkyl halides is 1. The topological polar surface area (TPSA) is 207 Å². The summed E-state index contributed by atoms with van der Waals surface area (Å²) < 4.78 is 30.2. The van der Waals surface area contributed by atoms with Gasteiger partial charge in [0.2, 0.25) is 0 Å². The van der Waals surface area contributed by atoms with Crippen molar-refractivity contribution in [1.29, 1.82) is 0 Å². The minimum absolute atomic E-state index is 0.801. The summed E-state index contributed by atoms with van der Waals surface area (Å²) >= 11 is 0. The molecule has 0 aromatic rings. The lowest BCUT2D eigenvalue weighted by Gasteiger charge is -2.47. The molecule has 8 N–H and O–H groups in total. The molecule has 0 radical (unpaired) electrons. The normalized spacial score (nSPS) is 45.6. The molecule has 2 fully saturated rings. The Labute approximate surface area is 158 Å². The summed E-state index contributed by atoms with van der Waals surface area (Å²) in [6.45, 7) is -2.55. The first-order valence-corrected chi connectivity index (χ1v) is 8.54. The first-order valence-electron chi connectivity index (χ1n) is 8.54. The van der Waals surface area contributed by atoms with Crippen molar-refractivity contribution in [2.75, 3.05) is 19.8 Å². The van der Waals surface area contributed by atoms with Crippen molar-refractivity contribution in [2.45, 2.75) is 67.2 Å². The van der Waals surface area contributed by atoms with Crippen LogP contribution in [0.1, 0.15) is 0 Å². The number of aliphatic hydroxyl groups excluding tert-OH is 7. The molecule has 0 amide bonds. The fourth-order valence-corrected chi connectivity index (χ4v) is 3.32. The van der Waals surface area contributed by atoms with Gasteiger partial charge in [-0.2, -0.15) is 0 Å². The monoisotopic (exact) mass is 416 g/mol. The minimum atomic E-state index is -2.38. The second-order valence-electron chi connectivity index (χ2n) is 6.71. The summed E-state index contributed by atoms with van der Waals surface area (Å²) in [5.74, 6) is -1.42. The van der Waals surface area contributed by atoms with Crippen molar-refractivity contribution in [3.63, 3.8) is 0 Å². The summed E-state index contributed by atoms with van der Waals surface area (Å²) in [6, 6.07) is 0. The second kappa shape index (κ2) is 9.67. The van der Waals surface area contributed by atoms with Crippen molar-refractivity contribution >= 4 is 5.97 Å². The number of rotatable bonds is 7. The van der Waals surface area contributed by atoms with Crippen LogP contribution in [0.15, 0.2) is 0 Å². The number of aliphatic carboxylic acids is 1. The summed E-state index contributed by atoms with van der Waals surface area (Å²) in [5.41, 5.74) is 0. The van der Waals surface area contributed by atoms with E-state index >= 15 is 4.39 Å². The Kier molecular flexibility index (Phi) is 8.04. The van der Waals surface area contributed by atoms with E-state index in [4.69, 9.17) is 19.3 Å². The number of carbonyl (C=O) groups is 1. The highest BCUT2D eigenvalue weighted by Crippen LogP contribution is 2.32. The highest BCUT2D eigenvalue weighted by atomic mass is 19.1. The van der Waals surface area contributed by atoms with Crippen molar-refractivity contribution in [2.24, 2.45) is 0 Å². The molecule has 0 aromatic carbocycles. The molecule has 28 heavy (non-hydrogen) atoms. The molecule has 11 atom stereocenters. The molecule has 13 heteroatoms. The average molecular weight is 416 g/mol. The van der Waals surface area contributed by atoms with Crippen molar-refractivity contribution in [3.05, 3.63) is 0 Å². The Morgan fingerprint density at radius 3 is 1.86 bits per heavy atom. The summed E-state index contributed by atoms with van der Waals surface area (Å²) in [7, 11) is 0. The van der Waals surface area contributed by atoms with Gasteiger partial charge in [0.05, 0.1) is 13.2 Å². The molecule has 0 unspecified atom stereocenters. The number of ether oxygens (including phenoxy) is 3. The van der Waals surface area contributed by atoms with Gasteiger partial charge in [0, 0.05) is 0 Å². The molecule has 2 aliphatic heterocycles. The fourth-order valence-electron chi connectivity index (χ4n) is 3.32. The Morgan fingerprint density at radius 2 is 1.36 bits per heavy atom. The first kappa shape index (κ1) is 23.3. The maximum Gasteiger partial charge on any atom is 0.329 e. The van der Waals surface area contributed by atoms with Crippen LogP contribution < -0.4 is 0 Å². The van der Waals surface area contributed by atoms with Crippen molar-refractivity contribution in [3.8, 4) is 0 Å². The number of hydrogen-bond acceptors (Lipinski definition) is 11. The summed E-state index contributed by atoms with van der Waals surface area (Å²) in [5, 5.41) is 77.2. The maximum atomic E-state index is 15.1. The number of halogens is 1. The highest BCUT2D eigenvalue weighted by Gasteiger charge is 2.54. The zero-order chi connectivity index (χ0) is 21.2. The van der Waals surface area contributed by atoms with Gasteiger partial charge in [0.25, 0.3) is 0 Å². The van der Waals surface area contributed by atoms with E-state index in [0.29, 0.717) is 0 Å². The predicted molar refractivity (Wildman–Crippen MR) is 83.8 cm³/mol. The van der Waals surface area contributed by atoms with Crippen LogP contribution in [0.2, 0.25) is 0 Å². The Morgan fingerprint density at radius 1 is 0.857 bits per heavy atom. The van der Waals surface area contributed by atoms with E-state index in [0.717, 1.165) is 0 Å². The molecule has 0 bridgehead atoms. The lowest BCUT2D eigenvalue weighted by Crippen LogP contribution is -2.67. The van der Waals surface area contributed by atoms with E-state index in [1.807, 2.05) is 0 Å². The molecule has 2 saturated heterocycles. The summed E-state index contributed by atoms with van der Waals surface area (Å²) in [6.07, 6.45) is -19.7. The van der Waals surface area contributed by atoms with Crippen LogP contribution in [0.5, 0.6) is 0 Å². The smallest absolute Gasteiger partial charge is 0.329 e. The Hall–Kier alpha value is -1.00. The van der Waals surface area contributed by atoms with Crippen LogP contribution in [-0.2, 0) is 19.0 Å². The van der Waals surface area contributed by atoms with Gasteiger partial charge in [0.1, 0.15) is 67.6 Å². The third-order valence-corrected chi connectivity index (χ3v) is 4.86. The van der Waals surface area contributed by atoms with Gasteiger partial charge in [-0.15, -0.1) is 0 Å². The van der Waals surface area contributed by atoms with E-state index in [1.54, 1.807) is 0 Å². The Bertz CT molecular complexity index is 521. The van der Waals surface area contributed by atoms with E-state index in [9.17, 15) is 40.5 Å². The van der Waals surface area contributed by atoms with E-state index in [1.165, 1.54) is 0 Å². The van der Waals surface area contributed by atoms with Gasteiger partial charge in [-0.1, -0.05) is 0 Å². The second-order valence-corrected chi connectivity index (χ2v) is 6.71. The quantitative estimate of drug-likeness (QED) is 0.197. The van der Waals surface area contributed by atoms with Gasteiger partial charge in [-0.3, -0.25) is 0 Å². The molecule has 2 aliphatic rings. The highest BCUT2D eigenvalue weighted by molar-refractivity contribution is 5.68. The SMILES string of the molecule is O=C(O)CO[C@@H]1[C@@H](O)[C@H]([C@@H](F)[C@H]2O[C@H](CO)[C@@H](O)[C@H](O)[C@@H]2O)O[C@H](CO)[C@@H]1O. The molecule has 12 nitrogen and oxygen atoms in total. The Balaban J connectivity index is 2.21. The van der Waals surface area contributed by atoms with Crippen LogP contribution in [0.25, 0.3) is 0 Å². The van der Waals surface area contributed by atoms with Gasteiger partial charge in [-0.05, 0) is 0 Å². The molecule has 0 spiro atoms. The fraction of sp³-hybridized carbons (Fsp3) is 0.933. The summed E-state index contributed by atoms with van der Waals surface area (Å²) in [4.78, 5) is 10.7. The number of carboxylic acid groups (broad SMARTS) is 1. The van der Waals surface area contributed by atoms with Crippen LogP contribution in [0.3, 0.4) is 0 Å². The van der Waals surface area contributed by atoms with E-state index < -0.39 is 93.0 Å². The van der Waals surface area contributed by atoms with Gasteiger partial charge >= 0.3 is 5.97 Å². The third kappa shape index (κ3) is 4.59. The van der Waals surface area contributed by atoms with Crippen LogP contribution in [0, 0.1) is 0 Å². The lowest BCUT2D eigenvalue weighted by molar-refractivity contribution is -0.286. The molecule has 2 rings (SSSR count). The van der Waals surface area contributed by atoms with Crippen LogP contribution in [0.4, 0.5) is 4.39 Å². The molecular formula is C15H25FO12. The van der Waals surface area contributed by atoms with Crippen molar-refractivity contribution < 1.29 is 64.2 Å². The van der Waals surface area contributed by atoms with E-state index in [-0.39, 0.29) is 0 Å². The zero-order valence-corrected chi connectivity index (χ0v) is 14.6. The number of hydrogen-bond donors (Lipinski definition) is 8. The number of aliphatic hydroxyl groups is 7. The largest absolute Gasteiger partial charge is 0.480 e. The minimum Gasteiger partial charge on any atom is -0.480 e. The van der Waals surface area contributed by atoms with Gasteiger partial charge in [0.15, 0.2) is 6.17 Å². The lowest BCUT2D eigenvalue weighted by atomic mass is 9.86. The molecule has 0 aromatic heterocycles. The molecule has 0 aliphatic carbocycles. The number of carboxylic acids is 1. The predicted octanol–water partition coefficient (Wildman–Crippen LogP) is -4.88. The molecule has 0 saturated carbocycles. The third-order valence-electron chi connectivity index (χ3n) is 4.86. The van der Waals surface area contributed by atoms with Gasteiger partial charge in [-0.25, -0.2) is 9.18 Å². The standard InChI is InChI=1S/C15H25FO12/c16-7(13-11(24)10(23)8(21)4(1-17)27-13)14-12(25)15(26-3-6(19)20)9(22)5(2-18)28-14/h4-5,7-15,17-18,21-25H,1-3H2,(H,19,20)/t4-,5-,7+,8-,9+,10+,11+,12+,13-,14+,15+/m1/s1. The van der Waals surface area contributed by atoms with Crippen LogP contribution in [-0.4, -0.2) is 134 Å².